The molecule has 3 saturated heterocycles. The number of hydrogen-bond acceptors (Lipinski definition) is 10. The molecule has 50 heavy (non-hydrogen) atoms. The average molecular weight is 686 g/mol. The molecule has 0 radical (unpaired) electrons. The van der Waals surface area contributed by atoms with Crippen LogP contribution in [0.25, 0.3) is 32.9 Å². The van der Waals surface area contributed by atoms with Crippen LogP contribution < -0.4 is 14.4 Å². The van der Waals surface area contributed by atoms with Gasteiger partial charge in [-0.05, 0) is 75.6 Å². The molecule has 12 heteroatoms. The van der Waals surface area contributed by atoms with Crippen molar-refractivity contribution in [2.45, 2.75) is 69.6 Å². The number of aromatic hydroxyl groups is 1. The van der Waals surface area contributed by atoms with Crippen molar-refractivity contribution in [3.8, 4) is 41.2 Å². The summed E-state index contributed by atoms with van der Waals surface area (Å²) in [6, 6.07) is 6.22. The fourth-order valence-corrected chi connectivity index (χ4v) is 8.88. The summed E-state index contributed by atoms with van der Waals surface area (Å²) in [4.78, 5) is 18.6. The zero-order chi connectivity index (χ0) is 34.8. The smallest absolute Gasteiger partial charge is 0.319 e. The van der Waals surface area contributed by atoms with Crippen LogP contribution in [0.1, 0.15) is 57.4 Å². The summed E-state index contributed by atoms with van der Waals surface area (Å²) in [5.41, 5.74) is -1.41. The van der Waals surface area contributed by atoms with E-state index in [0.717, 1.165) is 51.9 Å². The maximum Gasteiger partial charge on any atom is 0.319 e. The number of β-amino-alcohol motifs (C(OH)–C–C–N with tert-alkyl or cyclic N) is 1. The highest BCUT2D eigenvalue weighted by Gasteiger charge is 2.51. The number of hydrogen-bond donors (Lipinski definition) is 2. The first-order valence-corrected chi connectivity index (χ1v) is 17.4. The third-order valence-corrected chi connectivity index (χ3v) is 11.3. The Morgan fingerprint density at radius 1 is 1.06 bits per heavy atom. The summed E-state index contributed by atoms with van der Waals surface area (Å²) in [6.07, 6.45) is 12.3. The van der Waals surface area contributed by atoms with Gasteiger partial charge in [0.25, 0.3) is 0 Å². The summed E-state index contributed by atoms with van der Waals surface area (Å²) in [5.74, 6) is 1.08. The molecule has 5 heterocycles. The summed E-state index contributed by atoms with van der Waals surface area (Å²) < 4.78 is 50.0. The van der Waals surface area contributed by atoms with E-state index in [4.69, 9.17) is 25.6 Å². The van der Waals surface area contributed by atoms with Crippen LogP contribution in [-0.2, 0) is 4.74 Å². The minimum Gasteiger partial charge on any atom is -0.508 e. The van der Waals surface area contributed by atoms with E-state index in [1.54, 1.807) is 6.92 Å². The lowest BCUT2D eigenvalue weighted by atomic mass is 9.75. The molecule has 2 N–H and O–H groups in total. The number of anilines is 1. The Hall–Kier alpha value is -4.31. The number of rotatable bonds is 7. The Morgan fingerprint density at radius 3 is 2.60 bits per heavy atom. The van der Waals surface area contributed by atoms with Gasteiger partial charge in [-0.3, -0.25) is 4.90 Å². The lowest BCUT2D eigenvalue weighted by Gasteiger charge is -2.51. The Bertz CT molecular complexity index is 2030. The van der Waals surface area contributed by atoms with E-state index in [2.05, 4.69) is 20.8 Å². The van der Waals surface area contributed by atoms with Crippen molar-refractivity contribution in [2.75, 3.05) is 51.5 Å². The quantitative estimate of drug-likeness (QED) is 0.239. The SMILES string of the molecule is C#Cc1c(F)ccc2cc(O)cc(-c3nc(OC)c4c(N5CCCC(C)(O)C5)nc(OCC56CCCC5N(C5COC5)CCC6)nc4c3F)c12. The molecule has 2 aromatic carbocycles. The van der Waals surface area contributed by atoms with E-state index in [9.17, 15) is 14.6 Å². The number of phenols is 1. The Labute approximate surface area is 289 Å². The molecule has 262 valence electrons. The van der Waals surface area contributed by atoms with Gasteiger partial charge in [0.05, 0.1) is 44.1 Å². The maximum absolute atomic E-state index is 17.2. The van der Waals surface area contributed by atoms with Crippen molar-refractivity contribution in [1.29, 1.82) is 0 Å². The van der Waals surface area contributed by atoms with E-state index in [1.807, 2.05) is 4.90 Å². The van der Waals surface area contributed by atoms with Gasteiger partial charge in [-0.2, -0.15) is 9.97 Å². The zero-order valence-electron chi connectivity index (χ0n) is 28.3. The highest BCUT2D eigenvalue weighted by Crippen LogP contribution is 2.49. The molecular formula is C38H41F2N5O5. The number of aliphatic hydroxyl groups is 1. The number of ether oxygens (including phenoxy) is 3. The third-order valence-electron chi connectivity index (χ3n) is 11.3. The standard InChI is InChI=1S/C38H41F2N5O5/c1-4-25-27(39)10-9-22-16-24(46)17-26(29(22)25)32-31(40)33-30(35(41-32)48-3)34(44-14-6-11-37(2,47)20-44)43-36(42-33)50-21-38-12-5-8-28(38)45(15-7-13-38)23-18-49-19-23/h1,9-10,16-17,23,28,46-47H,5-8,11-15,18-21H2,2-3H3. The first kappa shape index (κ1) is 32.9. The maximum atomic E-state index is 17.2. The van der Waals surface area contributed by atoms with E-state index >= 15 is 4.39 Å². The van der Waals surface area contributed by atoms with Crippen LogP contribution in [0, 0.1) is 29.4 Å². The lowest BCUT2D eigenvalue weighted by Crippen LogP contribution is -2.60. The zero-order valence-corrected chi connectivity index (χ0v) is 28.3. The van der Waals surface area contributed by atoms with Crippen LogP contribution in [-0.4, -0.2) is 94.3 Å². The van der Waals surface area contributed by atoms with Crippen LogP contribution in [0.4, 0.5) is 14.6 Å². The Morgan fingerprint density at radius 2 is 1.86 bits per heavy atom. The second-order valence-electron chi connectivity index (χ2n) is 14.6. The summed E-state index contributed by atoms with van der Waals surface area (Å²) in [7, 11) is 1.42. The minimum absolute atomic E-state index is 0.0103. The summed E-state index contributed by atoms with van der Waals surface area (Å²) in [5, 5.41) is 22.6. The molecule has 0 amide bonds. The van der Waals surface area contributed by atoms with Crippen LogP contribution >= 0.6 is 0 Å². The number of nitrogens with zero attached hydrogens (tertiary/aromatic N) is 5. The number of fused-ring (bicyclic) bond motifs is 3. The number of terminal acetylenes is 1. The highest BCUT2D eigenvalue weighted by atomic mass is 19.1. The molecule has 4 aromatic rings. The number of methoxy groups -OCH3 is 1. The number of aromatic nitrogens is 3. The van der Waals surface area contributed by atoms with Gasteiger partial charge < -0.3 is 29.3 Å². The van der Waals surface area contributed by atoms with Crippen LogP contribution in [0.15, 0.2) is 24.3 Å². The molecule has 3 aliphatic heterocycles. The lowest BCUT2D eigenvalue weighted by molar-refractivity contribution is -0.115. The molecule has 3 unspecified atom stereocenters. The van der Waals surface area contributed by atoms with Crippen LogP contribution in [0.5, 0.6) is 17.6 Å². The molecule has 3 atom stereocenters. The molecule has 0 spiro atoms. The van der Waals surface area contributed by atoms with Gasteiger partial charge in [-0.1, -0.05) is 18.4 Å². The fraction of sp³-hybridized carbons (Fsp3) is 0.500. The van der Waals surface area contributed by atoms with Gasteiger partial charge >= 0.3 is 6.01 Å². The number of benzene rings is 2. The average Bonchev–Trinajstić information content (AvgIpc) is 3.51. The third kappa shape index (κ3) is 5.47. The molecule has 1 saturated carbocycles. The van der Waals surface area contributed by atoms with Crippen molar-refractivity contribution >= 4 is 27.5 Å². The normalized spacial score (nSPS) is 25.8. The fourth-order valence-electron chi connectivity index (χ4n) is 8.88. The largest absolute Gasteiger partial charge is 0.508 e. The van der Waals surface area contributed by atoms with Crippen molar-refractivity contribution < 1.29 is 33.2 Å². The molecule has 10 nitrogen and oxygen atoms in total. The number of likely N-dealkylation sites (tertiary alicyclic amines) is 1. The summed E-state index contributed by atoms with van der Waals surface area (Å²) in [6.45, 7) is 5.50. The Balaban J connectivity index is 1.28. The van der Waals surface area contributed by atoms with Crippen LogP contribution in [0.3, 0.4) is 0 Å². The van der Waals surface area contributed by atoms with Gasteiger partial charge in [-0.25, -0.2) is 13.8 Å². The predicted octanol–water partition coefficient (Wildman–Crippen LogP) is 5.58. The van der Waals surface area contributed by atoms with Gasteiger partial charge in [-0.15, -0.1) is 6.42 Å². The van der Waals surface area contributed by atoms with E-state index in [0.29, 0.717) is 49.3 Å². The first-order chi connectivity index (χ1) is 24.1. The van der Waals surface area contributed by atoms with Crippen molar-refractivity contribution in [2.24, 2.45) is 5.41 Å². The van der Waals surface area contributed by atoms with Crippen molar-refractivity contribution in [3.05, 3.63) is 41.5 Å². The topological polar surface area (TPSA) is 113 Å². The number of pyridine rings is 1. The molecule has 4 fully saturated rings. The van der Waals surface area contributed by atoms with Crippen molar-refractivity contribution in [3.63, 3.8) is 0 Å². The molecule has 8 rings (SSSR count). The Kier molecular flexibility index (Phi) is 8.20. The van der Waals surface area contributed by atoms with Gasteiger partial charge in [0.1, 0.15) is 34.0 Å². The highest BCUT2D eigenvalue weighted by molar-refractivity contribution is 6.04. The predicted molar refractivity (Wildman–Crippen MR) is 185 cm³/mol. The molecular weight excluding hydrogens is 644 g/mol. The van der Waals surface area contributed by atoms with E-state index in [1.165, 1.54) is 31.4 Å². The monoisotopic (exact) mass is 685 g/mol. The first-order valence-electron chi connectivity index (χ1n) is 17.4. The minimum atomic E-state index is -1.00. The van der Waals surface area contributed by atoms with Crippen LogP contribution in [0.2, 0.25) is 0 Å². The molecule has 1 aliphatic carbocycles. The van der Waals surface area contributed by atoms with Crippen molar-refractivity contribution in [1.82, 2.24) is 19.9 Å². The number of piperidine rings is 2. The van der Waals surface area contributed by atoms with E-state index < -0.39 is 17.2 Å². The molecule has 0 bridgehead atoms. The van der Waals surface area contributed by atoms with Gasteiger partial charge in [0.15, 0.2) is 5.82 Å². The second-order valence-corrected chi connectivity index (χ2v) is 14.6. The van der Waals surface area contributed by atoms with E-state index in [-0.39, 0.29) is 62.7 Å². The number of halogens is 2. The molecule has 2 aromatic heterocycles. The second kappa shape index (κ2) is 12.5. The molecule has 4 aliphatic rings. The number of phenolic OH excluding ortho intramolecular Hbond substituents is 1. The van der Waals surface area contributed by atoms with Gasteiger partial charge in [0, 0.05) is 35.5 Å². The summed E-state index contributed by atoms with van der Waals surface area (Å²) >= 11 is 0. The van der Waals surface area contributed by atoms with Gasteiger partial charge in [0.2, 0.25) is 5.88 Å².